The standard InChI is InChI=1S/C14H20FNO/c1-10(16)11-7-8-14(13(15)9-11)17-12-5-3-2-4-6-12/h7-10,12H,2-6,16H2,1H3/t10-/m0/s1. The van der Waals surface area contributed by atoms with E-state index >= 15 is 0 Å². The van der Waals surface area contributed by atoms with Gasteiger partial charge in [0.05, 0.1) is 6.10 Å². The molecule has 1 saturated carbocycles. The molecule has 0 aromatic heterocycles. The SMILES string of the molecule is C[C@H](N)c1ccc(OC2CCCCC2)c(F)c1. The maximum absolute atomic E-state index is 13.8. The van der Waals surface area contributed by atoms with Crippen molar-refractivity contribution in [3.05, 3.63) is 29.6 Å². The van der Waals surface area contributed by atoms with Crippen LogP contribution >= 0.6 is 0 Å². The second-order valence-corrected chi connectivity index (χ2v) is 4.86. The summed E-state index contributed by atoms with van der Waals surface area (Å²) in [5.74, 6) is 0.0617. The Morgan fingerprint density at radius 3 is 2.59 bits per heavy atom. The van der Waals surface area contributed by atoms with E-state index in [0.717, 1.165) is 18.4 Å². The van der Waals surface area contributed by atoms with Crippen LogP contribution in [0.25, 0.3) is 0 Å². The highest BCUT2D eigenvalue weighted by molar-refractivity contribution is 5.30. The Morgan fingerprint density at radius 1 is 1.29 bits per heavy atom. The molecule has 3 heteroatoms. The maximum Gasteiger partial charge on any atom is 0.165 e. The van der Waals surface area contributed by atoms with Crippen LogP contribution in [0.3, 0.4) is 0 Å². The zero-order valence-corrected chi connectivity index (χ0v) is 10.3. The fraction of sp³-hybridized carbons (Fsp3) is 0.571. The molecule has 1 aliphatic rings. The molecule has 0 radical (unpaired) electrons. The van der Waals surface area contributed by atoms with Gasteiger partial charge in [0.1, 0.15) is 0 Å². The van der Waals surface area contributed by atoms with Crippen LogP contribution < -0.4 is 10.5 Å². The molecule has 0 bridgehead atoms. The van der Waals surface area contributed by atoms with Gasteiger partial charge in [0.2, 0.25) is 0 Å². The second-order valence-electron chi connectivity index (χ2n) is 4.86. The average Bonchev–Trinajstić information content (AvgIpc) is 2.33. The summed E-state index contributed by atoms with van der Waals surface area (Å²) in [5.41, 5.74) is 6.51. The molecule has 1 aliphatic carbocycles. The van der Waals surface area contributed by atoms with Crippen molar-refractivity contribution in [1.82, 2.24) is 0 Å². The second kappa shape index (κ2) is 5.50. The first-order chi connectivity index (χ1) is 8.16. The summed E-state index contributed by atoms with van der Waals surface area (Å²) in [6.07, 6.45) is 5.89. The molecule has 0 heterocycles. The summed E-state index contributed by atoms with van der Waals surface area (Å²) in [5, 5.41) is 0. The third-order valence-corrected chi connectivity index (χ3v) is 3.33. The molecule has 1 atom stereocenters. The minimum atomic E-state index is -0.301. The topological polar surface area (TPSA) is 35.2 Å². The van der Waals surface area contributed by atoms with Crippen molar-refractivity contribution in [2.24, 2.45) is 5.73 Å². The fourth-order valence-corrected chi connectivity index (χ4v) is 2.26. The Balaban J connectivity index is 2.05. The zero-order chi connectivity index (χ0) is 12.3. The summed E-state index contributed by atoms with van der Waals surface area (Å²) in [4.78, 5) is 0. The Bertz CT molecular complexity index is 372. The number of rotatable bonds is 3. The predicted molar refractivity (Wildman–Crippen MR) is 66.5 cm³/mol. The predicted octanol–water partition coefficient (Wildman–Crippen LogP) is 3.56. The first kappa shape index (κ1) is 12.4. The Hall–Kier alpha value is -1.09. The summed E-state index contributed by atoms with van der Waals surface area (Å²) < 4.78 is 19.5. The van der Waals surface area contributed by atoms with Gasteiger partial charge in [-0.2, -0.15) is 0 Å². The molecule has 17 heavy (non-hydrogen) atoms. The summed E-state index contributed by atoms with van der Waals surface area (Å²) in [7, 11) is 0. The highest BCUT2D eigenvalue weighted by Crippen LogP contribution is 2.26. The van der Waals surface area contributed by atoms with E-state index in [2.05, 4.69) is 0 Å². The van der Waals surface area contributed by atoms with E-state index in [4.69, 9.17) is 10.5 Å². The minimum absolute atomic E-state index is 0.145. The first-order valence-corrected chi connectivity index (χ1v) is 6.38. The van der Waals surface area contributed by atoms with Gasteiger partial charge >= 0.3 is 0 Å². The molecule has 2 nitrogen and oxygen atoms in total. The van der Waals surface area contributed by atoms with Crippen LogP contribution in [0.1, 0.15) is 50.6 Å². The number of halogens is 1. The van der Waals surface area contributed by atoms with Gasteiger partial charge in [0, 0.05) is 6.04 Å². The normalized spacial score (nSPS) is 19.0. The lowest BCUT2D eigenvalue weighted by Gasteiger charge is -2.23. The van der Waals surface area contributed by atoms with Crippen molar-refractivity contribution in [3.8, 4) is 5.75 Å². The number of benzene rings is 1. The number of hydrogen-bond acceptors (Lipinski definition) is 2. The summed E-state index contributed by atoms with van der Waals surface area (Å²) in [6, 6.07) is 4.87. The fourth-order valence-electron chi connectivity index (χ4n) is 2.26. The zero-order valence-electron chi connectivity index (χ0n) is 10.3. The molecular weight excluding hydrogens is 217 g/mol. The molecule has 94 valence electrons. The van der Waals surface area contributed by atoms with Crippen LogP contribution in [0.4, 0.5) is 4.39 Å². The van der Waals surface area contributed by atoms with Crippen molar-refractivity contribution >= 4 is 0 Å². The molecular formula is C14H20FNO. The van der Waals surface area contributed by atoms with E-state index in [-0.39, 0.29) is 18.0 Å². The van der Waals surface area contributed by atoms with Crippen molar-refractivity contribution in [2.75, 3.05) is 0 Å². The third kappa shape index (κ3) is 3.19. The Kier molecular flexibility index (Phi) is 4.00. The summed E-state index contributed by atoms with van der Waals surface area (Å²) >= 11 is 0. The highest BCUT2D eigenvalue weighted by atomic mass is 19.1. The van der Waals surface area contributed by atoms with Gasteiger partial charge in [-0.05, 0) is 50.3 Å². The lowest BCUT2D eigenvalue weighted by molar-refractivity contribution is 0.148. The number of nitrogens with two attached hydrogens (primary N) is 1. The highest BCUT2D eigenvalue weighted by Gasteiger charge is 2.17. The third-order valence-electron chi connectivity index (χ3n) is 3.33. The van der Waals surface area contributed by atoms with Gasteiger partial charge in [0.15, 0.2) is 11.6 Å². The molecule has 1 aromatic carbocycles. The summed E-state index contributed by atoms with van der Waals surface area (Å²) in [6.45, 7) is 1.84. The van der Waals surface area contributed by atoms with Gasteiger partial charge in [-0.15, -0.1) is 0 Å². The van der Waals surface area contributed by atoms with Gasteiger partial charge in [-0.3, -0.25) is 0 Å². The van der Waals surface area contributed by atoms with Gasteiger partial charge in [0.25, 0.3) is 0 Å². The Morgan fingerprint density at radius 2 is 2.00 bits per heavy atom. The molecule has 1 aromatic rings. The molecule has 1 fully saturated rings. The van der Waals surface area contributed by atoms with E-state index in [0.29, 0.717) is 5.75 Å². The van der Waals surface area contributed by atoms with E-state index < -0.39 is 0 Å². The molecule has 0 amide bonds. The van der Waals surface area contributed by atoms with Crippen molar-refractivity contribution in [2.45, 2.75) is 51.2 Å². The molecule has 0 unspecified atom stereocenters. The molecule has 2 rings (SSSR count). The molecule has 2 N–H and O–H groups in total. The first-order valence-electron chi connectivity index (χ1n) is 6.38. The van der Waals surface area contributed by atoms with Crippen molar-refractivity contribution in [3.63, 3.8) is 0 Å². The monoisotopic (exact) mass is 237 g/mol. The Labute approximate surface area is 102 Å². The average molecular weight is 237 g/mol. The van der Waals surface area contributed by atoms with Gasteiger partial charge in [-0.25, -0.2) is 4.39 Å². The van der Waals surface area contributed by atoms with E-state index in [9.17, 15) is 4.39 Å². The van der Waals surface area contributed by atoms with Crippen LogP contribution in [0.5, 0.6) is 5.75 Å². The van der Waals surface area contributed by atoms with Crippen molar-refractivity contribution in [1.29, 1.82) is 0 Å². The lowest BCUT2D eigenvalue weighted by atomic mass is 9.98. The smallest absolute Gasteiger partial charge is 0.165 e. The van der Waals surface area contributed by atoms with E-state index in [1.54, 1.807) is 6.07 Å². The lowest BCUT2D eigenvalue weighted by Crippen LogP contribution is -2.20. The van der Waals surface area contributed by atoms with Crippen LogP contribution in [0.2, 0.25) is 0 Å². The van der Waals surface area contributed by atoms with E-state index in [1.165, 1.54) is 25.3 Å². The van der Waals surface area contributed by atoms with Gasteiger partial charge < -0.3 is 10.5 Å². The number of ether oxygens (including phenoxy) is 1. The quantitative estimate of drug-likeness (QED) is 0.872. The molecule has 0 saturated heterocycles. The van der Waals surface area contributed by atoms with Gasteiger partial charge in [-0.1, -0.05) is 12.5 Å². The minimum Gasteiger partial charge on any atom is -0.487 e. The number of hydrogen-bond donors (Lipinski definition) is 1. The maximum atomic E-state index is 13.8. The van der Waals surface area contributed by atoms with Crippen LogP contribution in [0, 0.1) is 5.82 Å². The van der Waals surface area contributed by atoms with Crippen LogP contribution in [-0.2, 0) is 0 Å². The van der Waals surface area contributed by atoms with Crippen molar-refractivity contribution < 1.29 is 9.13 Å². The van der Waals surface area contributed by atoms with Crippen LogP contribution in [-0.4, -0.2) is 6.10 Å². The molecule has 0 spiro atoms. The largest absolute Gasteiger partial charge is 0.487 e. The van der Waals surface area contributed by atoms with E-state index in [1.807, 2.05) is 13.0 Å². The molecule has 0 aliphatic heterocycles. The van der Waals surface area contributed by atoms with Crippen LogP contribution in [0.15, 0.2) is 18.2 Å².